The fourth-order valence-electron chi connectivity index (χ4n) is 2.51. The number of amides is 2. The van der Waals surface area contributed by atoms with Gasteiger partial charge in [-0.05, 0) is 36.2 Å². The van der Waals surface area contributed by atoms with Crippen molar-refractivity contribution < 1.29 is 18.4 Å². The third-order valence-corrected chi connectivity index (χ3v) is 4.28. The molecule has 1 fully saturated rings. The van der Waals surface area contributed by atoms with Crippen LogP contribution in [-0.4, -0.2) is 11.8 Å². The molecule has 0 radical (unpaired) electrons. The zero-order valence-corrected chi connectivity index (χ0v) is 13.8. The van der Waals surface area contributed by atoms with Gasteiger partial charge in [0.15, 0.2) is 11.6 Å². The fraction of sp³-hybridized carbons (Fsp3) is 0.222. The number of benzene rings is 2. The highest BCUT2D eigenvalue weighted by Crippen LogP contribution is 2.39. The van der Waals surface area contributed by atoms with E-state index in [1.54, 1.807) is 12.1 Å². The van der Waals surface area contributed by atoms with E-state index in [0.29, 0.717) is 18.0 Å². The summed E-state index contributed by atoms with van der Waals surface area (Å²) < 4.78 is 26.0. The maximum absolute atomic E-state index is 13.1. The van der Waals surface area contributed by atoms with Crippen LogP contribution in [0.2, 0.25) is 5.02 Å². The van der Waals surface area contributed by atoms with Crippen molar-refractivity contribution in [3.05, 3.63) is 64.7 Å². The van der Waals surface area contributed by atoms with Gasteiger partial charge in [-0.25, -0.2) is 8.78 Å². The summed E-state index contributed by atoms with van der Waals surface area (Å²) in [6.45, 7) is 0.351. The first-order chi connectivity index (χ1) is 11.9. The Morgan fingerprint density at radius 1 is 1.00 bits per heavy atom. The molecule has 2 N–H and O–H groups in total. The van der Waals surface area contributed by atoms with Crippen molar-refractivity contribution in [2.45, 2.75) is 13.0 Å². The molecule has 1 saturated carbocycles. The second kappa shape index (κ2) is 7.19. The van der Waals surface area contributed by atoms with Crippen molar-refractivity contribution in [1.82, 2.24) is 5.32 Å². The third kappa shape index (κ3) is 4.33. The van der Waals surface area contributed by atoms with Crippen LogP contribution in [0.15, 0.2) is 42.5 Å². The molecule has 1 aliphatic rings. The Labute approximate surface area is 148 Å². The Hall–Kier alpha value is -2.47. The van der Waals surface area contributed by atoms with Gasteiger partial charge < -0.3 is 10.6 Å². The van der Waals surface area contributed by atoms with Crippen molar-refractivity contribution in [3.8, 4) is 0 Å². The molecule has 0 aliphatic heterocycles. The predicted molar refractivity (Wildman–Crippen MR) is 89.9 cm³/mol. The van der Waals surface area contributed by atoms with Gasteiger partial charge in [0.1, 0.15) is 0 Å². The van der Waals surface area contributed by atoms with Crippen LogP contribution >= 0.6 is 11.6 Å². The monoisotopic (exact) mass is 364 g/mol. The SMILES string of the molecule is O=C(NCc1ccc(Cl)cc1)C1CC1C(=O)Nc1ccc(F)c(F)c1. The van der Waals surface area contributed by atoms with Crippen LogP contribution in [0.5, 0.6) is 0 Å². The normalized spacial score (nSPS) is 18.5. The summed E-state index contributed by atoms with van der Waals surface area (Å²) in [5.41, 5.74) is 1.07. The average molecular weight is 365 g/mol. The molecule has 0 bridgehead atoms. The highest BCUT2D eigenvalue weighted by molar-refractivity contribution is 6.30. The Morgan fingerprint density at radius 2 is 1.68 bits per heavy atom. The lowest BCUT2D eigenvalue weighted by Gasteiger charge is -2.07. The molecule has 2 atom stereocenters. The fourth-order valence-corrected chi connectivity index (χ4v) is 2.63. The lowest BCUT2D eigenvalue weighted by Crippen LogP contribution is -2.27. The minimum atomic E-state index is -1.04. The number of halogens is 3. The van der Waals surface area contributed by atoms with Gasteiger partial charge in [-0.3, -0.25) is 9.59 Å². The minimum Gasteiger partial charge on any atom is -0.352 e. The van der Waals surface area contributed by atoms with Gasteiger partial charge in [0.05, 0.1) is 11.8 Å². The van der Waals surface area contributed by atoms with Crippen molar-refractivity contribution in [2.24, 2.45) is 11.8 Å². The second-order valence-electron chi connectivity index (χ2n) is 5.91. The van der Waals surface area contributed by atoms with E-state index < -0.39 is 23.5 Å². The summed E-state index contributed by atoms with van der Waals surface area (Å²) in [4.78, 5) is 24.2. The first kappa shape index (κ1) is 17.4. The molecular weight excluding hydrogens is 350 g/mol. The Morgan fingerprint density at radius 3 is 2.36 bits per heavy atom. The van der Waals surface area contributed by atoms with Crippen molar-refractivity contribution in [2.75, 3.05) is 5.32 Å². The van der Waals surface area contributed by atoms with Gasteiger partial charge in [-0.2, -0.15) is 0 Å². The number of hydrogen-bond acceptors (Lipinski definition) is 2. The number of rotatable bonds is 5. The molecule has 2 unspecified atom stereocenters. The summed E-state index contributed by atoms with van der Waals surface area (Å²) in [5.74, 6) is -3.47. The number of hydrogen-bond donors (Lipinski definition) is 2. The molecule has 3 rings (SSSR count). The summed E-state index contributed by atoms with van der Waals surface area (Å²) in [6, 6.07) is 10.2. The van der Waals surface area contributed by atoms with Gasteiger partial charge in [-0.15, -0.1) is 0 Å². The summed E-state index contributed by atoms with van der Waals surface area (Å²) in [6.07, 6.45) is 0.433. The maximum atomic E-state index is 13.1. The van der Waals surface area contributed by atoms with E-state index in [1.807, 2.05) is 12.1 Å². The smallest absolute Gasteiger partial charge is 0.228 e. The molecule has 0 spiro atoms. The van der Waals surface area contributed by atoms with Crippen LogP contribution in [-0.2, 0) is 16.1 Å². The first-order valence-corrected chi connectivity index (χ1v) is 8.10. The van der Waals surface area contributed by atoms with Gasteiger partial charge in [0, 0.05) is 23.3 Å². The standard InChI is InChI=1S/C18H15ClF2N2O2/c19-11-3-1-10(2-4-11)9-22-17(24)13-8-14(13)18(25)23-12-5-6-15(20)16(21)7-12/h1-7,13-14H,8-9H2,(H,22,24)(H,23,25). The predicted octanol–water partition coefficient (Wildman–Crippen LogP) is 3.51. The topological polar surface area (TPSA) is 58.2 Å². The van der Waals surface area contributed by atoms with Crippen LogP contribution in [0.25, 0.3) is 0 Å². The van der Waals surface area contributed by atoms with Crippen LogP contribution in [0.4, 0.5) is 14.5 Å². The zero-order chi connectivity index (χ0) is 18.0. The molecule has 7 heteroatoms. The lowest BCUT2D eigenvalue weighted by molar-refractivity contribution is -0.125. The van der Waals surface area contributed by atoms with Crippen LogP contribution in [0, 0.1) is 23.5 Å². The molecule has 130 valence electrons. The molecule has 2 aromatic rings. The molecule has 25 heavy (non-hydrogen) atoms. The van der Waals surface area contributed by atoms with E-state index in [0.717, 1.165) is 17.7 Å². The van der Waals surface area contributed by atoms with Gasteiger partial charge in [0.25, 0.3) is 0 Å². The Bertz CT molecular complexity index is 811. The quantitative estimate of drug-likeness (QED) is 0.853. The molecule has 1 aliphatic carbocycles. The Kier molecular flexibility index (Phi) is 4.99. The molecule has 2 amide bonds. The number of carbonyl (C=O) groups is 2. The van der Waals surface area contributed by atoms with E-state index >= 15 is 0 Å². The van der Waals surface area contributed by atoms with Crippen LogP contribution in [0.3, 0.4) is 0 Å². The zero-order valence-electron chi connectivity index (χ0n) is 13.1. The molecule has 0 saturated heterocycles. The number of anilines is 1. The number of nitrogens with one attached hydrogen (secondary N) is 2. The average Bonchev–Trinajstić information content (AvgIpc) is 3.38. The largest absolute Gasteiger partial charge is 0.352 e. The second-order valence-corrected chi connectivity index (χ2v) is 6.35. The highest BCUT2D eigenvalue weighted by atomic mass is 35.5. The lowest BCUT2D eigenvalue weighted by atomic mass is 10.2. The first-order valence-electron chi connectivity index (χ1n) is 7.72. The number of carbonyl (C=O) groups excluding carboxylic acids is 2. The third-order valence-electron chi connectivity index (χ3n) is 4.03. The molecule has 4 nitrogen and oxygen atoms in total. The van der Waals surface area contributed by atoms with Gasteiger partial charge in [0.2, 0.25) is 11.8 Å². The molecule has 2 aromatic carbocycles. The van der Waals surface area contributed by atoms with Crippen LogP contribution in [0.1, 0.15) is 12.0 Å². The molecule has 0 heterocycles. The van der Waals surface area contributed by atoms with Crippen molar-refractivity contribution >= 4 is 29.1 Å². The van der Waals surface area contributed by atoms with Gasteiger partial charge >= 0.3 is 0 Å². The molecular formula is C18H15ClF2N2O2. The highest BCUT2D eigenvalue weighted by Gasteiger charge is 2.47. The Balaban J connectivity index is 1.49. The molecule has 0 aromatic heterocycles. The summed E-state index contributed by atoms with van der Waals surface area (Å²) in [7, 11) is 0. The van der Waals surface area contributed by atoms with E-state index in [1.165, 1.54) is 6.07 Å². The summed E-state index contributed by atoms with van der Waals surface area (Å²) >= 11 is 5.80. The minimum absolute atomic E-state index is 0.163. The van der Waals surface area contributed by atoms with E-state index in [2.05, 4.69) is 10.6 Å². The van der Waals surface area contributed by atoms with E-state index in [-0.39, 0.29) is 17.5 Å². The van der Waals surface area contributed by atoms with Crippen molar-refractivity contribution in [3.63, 3.8) is 0 Å². The summed E-state index contributed by atoms with van der Waals surface area (Å²) in [5, 5.41) is 5.89. The van der Waals surface area contributed by atoms with E-state index in [9.17, 15) is 18.4 Å². The van der Waals surface area contributed by atoms with Gasteiger partial charge in [-0.1, -0.05) is 23.7 Å². The van der Waals surface area contributed by atoms with Crippen molar-refractivity contribution in [1.29, 1.82) is 0 Å². The van der Waals surface area contributed by atoms with Crippen LogP contribution < -0.4 is 10.6 Å². The van der Waals surface area contributed by atoms with E-state index in [4.69, 9.17) is 11.6 Å². The maximum Gasteiger partial charge on any atom is 0.228 e.